The minimum Gasteiger partial charge on any atom is -0.480 e. The zero-order valence-corrected chi connectivity index (χ0v) is 15.1. The van der Waals surface area contributed by atoms with Gasteiger partial charge in [0.05, 0.1) is 12.0 Å². The van der Waals surface area contributed by atoms with Gasteiger partial charge in [-0.15, -0.1) is 0 Å². The molecule has 1 heterocycles. The van der Waals surface area contributed by atoms with Crippen LogP contribution in [-0.2, 0) is 6.54 Å². The minimum atomic E-state index is 0.758. The van der Waals surface area contributed by atoms with Crippen molar-refractivity contribution in [3.8, 4) is 5.88 Å². The fourth-order valence-electron chi connectivity index (χ4n) is 2.15. The molecule has 0 spiro atoms. The molecule has 0 aliphatic carbocycles. The average molecular weight is 314 g/mol. The lowest BCUT2D eigenvalue weighted by atomic mass is 10.0. The van der Waals surface area contributed by atoms with E-state index in [1.165, 1.54) is 37.0 Å². The van der Waals surface area contributed by atoms with Crippen LogP contribution in [0.1, 0.15) is 50.8 Å². The van der Waals surface area contributed by atoms with E-state index in [2.05, 4.69) is 24.1 Å². The highest BCUT2D eigenvalue weighted by Gasteiger charge is 2.12. The molecule has 0 atom stereocenters. The van der Waals surface area contributed by atoms with Crippen molar-refractivity contribution in [2.75, 3.05) is 32.6 Å². The van der Waals surface area contributed by atoms with Crippen LogP contribution in [0.3, 0.4) is 0 Å². The lowest BCUT2D eigenvalue weighted by Crippen LogP contribution is -2.14. The summed E-state index contributed by atoms with van der Waals surface area (Å²) in [4.78, 5) is 7.67. The smallest absolute Gasteiger partial charge is 0.230 e. The third-order valence-corrected chi connectivity index (χ3v) is 4.60. The Morgan fingerprint density at radius 3 is 2.52 bits per heavy atom. The Kier molecular flexibility index (Phi) is 8.69. The highest BCUT2D eigenvalue weighted by atomic mass is 32.1. The molecule has 4 nitrogen and oxygen atoms in total. The van der Waals surface area contributed by atoms with Crippen LogP contribution < -0.4 is 15.0 Å². The molecule has 0 aliphatic heterocycles. The molecule has 0 aliphatic rings. The molecular formula is C16H31N3OS. The van der Waals surface area contributed by atoms with Gasteiger partial charge in [0.2, 0.25) is 5.88 Å². The van der Waals surface area contributed by atoms with Crippen molar-refractivity contribution < 1.29 is 4.74 Å². The van der Waals surface area contributed by atoms with Crippen LogP contribution in [0.2, 0.25) is 0 Å². The molecule has 0 radical (unpaired) electrons. The van der Waals surface area contributed by atoms with Gasteiger partial charge in [-0.25, -0.2) is 0 Å². The number of methoxy groups -OCH3 is 1. The van der Waals surface area contributed by atoms with Crippen LogP contribution in [0.5, 0.6) is 5.88 Å². The van der Waals surface area contributed by atoms with E-state index in [0.717, 1.165) is 30.0 Å². The molecule has 21 heavy (non-hydrogen) atoms. The summed E-state index contributed by atoms with van der Waals surface area (Å²) in [5.41, 5.74) is 0. The molecule has 1 N–H and O–H groups in total. The second kappa shape index (κ2) is 10.0. The van der Waals surface area contributed by atoms with Gasteiger partial charge < -0.3 is 15.0 Å². The fraction of sp³-hybridized carbons (Fsp3) is 0.812. The van der Waals surface area contributed by atoms with Gasteiger partial charge in [0, 0.05) is 20.6 Å². The van der Waals surface area contributed by atoms with Crippen LogP contribution in [0.25, 0.3) is 0 Å². The molecule has 122 valence electrons. The van der Waals surface area contributed by atoms with Crippen molar-refractivity contribution in [1.82, 2.24) is 10.3 Å². The predicted octanol–water partition coefficient (Wildman–Crippen LogP) is 3.91. The molecule has 0 unspecified atom stereocenters. The summed E-state index contributed by atoms with van der Waals surface area (Å²) in [6.07, 6.45) is 6.65. The molecule has 0 saturated heterocycles. The van der Waals surface area contributed by atoms with E-state index in [9.17, 15) is 0 Å². The van der Waals surface area contributed by atoms with Crippen molar-refractivity contribution in [3.05, 3.63) is 4.88 Å². The highest BCUT2D eigenvalue weighted by Crippen LogP contribution is 2.30. The summed E-state index contributed by atoms with van der Waals surface area (Å²) in [5.74, 6) is 1.60. The third kappa shape index (κ3) is 7.14. The summed E-state index contributed by atoms with van der Waals surface area (Å²) in [7, 11) is 5.70. The van der Waals surface area contributed by atoms with E-state index in [1.807, 2.05) is 19.0 Å². The van der Waals surface area contributed by atoms with Crippen molar-refractivity contribution in [2.45, 2.75) is 52.5 Å². The van der Waals surface area contributed by atoms with Crippen LogP contribution in [0.15, 0.2) is 0 Å². The van der Waals surface area contributed by atoms with Crippen molar-refractivity contribution in [1.29, 1.82) is 0 Å². The van der Waals surface area contributed by atoms with Gasteiger partial charge in [-0.05, 0) is 18.9 Å². The topological polar surface area (TPSA) is 37.4 Å². The monoisotopic (exact) mass is 313 g/mol. The van der Waals surface area contributed by atoms with Gasteiger partial charge in [0.1, 0.15) is 0 Å². The van der Waals surface area contributed by atoms with Gasteiger partial charge in [-0.2, -0.15) is 4.98 Å². The van der Waals surface area contributed by atoms with E-state index in [-0.39, 0.29) is 0 Å². The van der Waals surface area contributed by atoms with Crippen molar-refractivity contribution >= 4 is 16.5 Å². The summed E-state index contributed by atoms with van der Waals surface area (Å²) < 4.78 is 5.34. The largest absolute Gasteiger partial charge is 0.480 e. The van der Waals surface area contributed by atoms with Crippen molar-refractivity contribution in [2.24, 2.45) is 5.92 Å². The number of aromatic nitrogens is 1. The Morgan fingerprint density at radius 2 is 1.90 bits per heavy atom. The molecule has 1 aromatic heterocycles. The Balaban J connectivity index is 2.17. The van der Waals surface area contributed by atoms with E-state index in [1.54, 1.807) is 18.4 Å². The number of thiazole rings is 1. The minimum absolute atomic E-state index is 0.758. The molecule has 1 rings (SSSR count). The first-order valence-electron chi connectivity index (χ1n) is 7.96. The van der Waals surface area contributed by atoms with Crippen LogP contribution in [0.4, 0.5) is 5.13 Å². The fourth-order valence-corrected chi connectivity index (χ4v) is 3.07. The molecule has 0 amide bonds. The lowest BCUT2D eigenvalue weighted by molar-refractivity contribution is 0.394. The van der Waals surface area contributed by atoms with Crippen LogP contribution in [-0.4, -0.2) is 32.7 Å². The van der Waals surface area contributed by atoms with E-state index >= 15 is 0 Å². The summed E-state index contributed by atoms with van der Waals surface area (Å²) in [6.45, 7) is 6.51. The maximum Gasteiger partial charge on any atom is 0.230 e. The number of anilines is 1. The lowest BCUT2D eigenvalue weighted by Gasteiger charge is -2.06. The molecule has 0 aromatic carbocycles. The summed E-state index contributed by atoms with van der Waals surface area (Å²) in [6, 6.07) is 0. The Hall–Kier alpha value is -0.810. The Labute approximate surface area is 133 Å². The van der Waals surface area contributed by atoms with E-state index in [0.29, 0.717) is 0 Å². The van der Waals surface area contributed by atoms with E-state index in [4.69, 9.17) is 4.74 Å². The zero-order valence-electron chi connectivity index (χ0n) is 14.2. The molecule has 1 aromatic rings. The van der Waals surface area contributed by atoms with Gasteiger partial charge in [0.25, 0.3) is 0 Å². The first kappa shape index (κ1) is 18.2. The normalized spacial score (nSPS) is 11.1. The maximum absolute atomic E-state index is 5.34. The molecule has 0 saturated carbocycles. The third-order valence-electron chi connectivity index (χ3n) is 3.40. The second-order valence-electron chi connectivity index (χ2n) is 6.10. The van der Waals surface area contributed by atoms with Gasteiger partial charge in [-0.1, -0.05) is 50.9 Å². The van der Waals surface area contributed by atoms with Gasteiger partial charge in [0.15, 0.2) is 5.13 Å². The summed E-state index contributed by atoms with van der Waals surface area (Å²) >= 11 is 1.69. The van der Waals surface area contributed by atoms with Crippen LogP contribution >= 0.6 is 11.3 Å². The summed E-state index contributed by atoms with van der Waals surface area (Å²) in [5, 5.41) is 4.50. The number of hydrogen-bond acceptors (Lipinski definition) is 5. The maximum atomic E-state index is 5.34. The number of unbranched alkanes of at least 4 members (excludes halogenated alkanes) is 3. The van der Waals surface area contributed by atoms with Gasteiger partial charge >= 0.3 is 0 Å². The number of ether oxygens (including phenoxy) is 1. The standard InChI is InChI=1S/C16H31N3OS/c1-13(2)10-8-6-7-9-11-17-12-14-15(20-5)18-16(21-14)19(3)4/h13,17H,6-12H2,1-5H3. The number of rotatable bonds is 11. The SMILES string of the molecule is COc1nc(N(C)C)sc1CNCCCCCCC(C)C. The molecular weight excluding hydrogens is 282 g/mol. The molecule has 0 bridgehead atoms. The quantitative estimate of drug-likeness (QED) is 0.628. The molecule has 5 heteroatoms. The first-order chi connectivity index (χ1) is 10.0. The van der Waals surface area contributed by atoms with Gasteiger partial charge in [-0.3, -0.25) is 0 Å². The van der Waals surface area contributed by atoms with Crippen molar-refractivity contribution in [3.63, 3.8) is 0 Å². The predicted molar refractivity (Wildman–Crippen MR) is 92.6 cm³/mol. The van der Waals surface area contributed by atoms with E-state index < -0.39 is 0 Å². The number of nitrogens with zero attached hydrogens (tertiary/aromatic N) is 2. The highest BCUT2D eigenvalue weighted by molar-refractivity contribution is 7.15. The Bertz CT molecular complexity index is 391. The average Bonchev–Trinajstić information content (AvgIpc) is 2.85. The first-order valence-corrected chi connectivity index (χ1v) is 8.78. The zero-order chi connectivity index (χ0) is 15.7. The number of nitrogens with one attached hydrogen (secondary N) is 1. The molecule has 0 fully saturated rings. The second-order valence-corrected chi connectivity index (χ2v) is 7.16. The van der Waals surface area contributed by atoms with Crippen LogP contribution in [0, 0.1) is 5.92 Å². The Morgan fingerprint density at radius 1 is 1.19 bits per heavy atom. The number of hydrogen-bond donors (Lipinski definition) is 1.